The van der Waals surface area contributed by atoms with Crippen molar-refractivity contribution < 1.29 is 9.59 Å². The van der Waals surface area contributed by atoms with E-state index in [0.29, 0.717) is 5.75 Å². The van der Waals surface area contributed by atoms with Gasteiger partial charge in [-0.3, -0.25) is 9.59 Å². The molecule has 0 spiro atoms. The Morgan fingerprint density at radius 2 is 1.75 bits per heavy atom. The Bertz CT molecular complexity index is 502. The number of nitrogens with zero attached hydrogens (tertiary/aromatic N) is 1. The third-order valence-electron chi connectivity index (χ3n) is 3.91. The molecule has 106 valence electrons. The van der Waals surface area contributed by atoms with E-state index in [1.54, 1.807) is 11.8 Å². The van der Waals surface area contributed by atoms with Crippen LogP contribution in [0.25, 0.3) is 0 Å². The summed E-state index contributed by atoms with van der Waals surface area (Å²) in [6, 6.07) is 7.70. The lowest BCUT2D eigenvalue weighted by molar-refractivity contribution is -0.127. The zero-order valence-electron chi connectivity index (χ0n) is 11.5. The summed E-state index contributed by atoms with van der Waals surface area (Å²) in [6.07, 6.45) is 4.35. The van der Waals surface area contributed by atoms with E-state index < -0.39 is 0 Å². The average Bonchev–Trinajstić information content (AvgIpc) is 3.19. The molecule has 0 N–H and O–H groups in total. The van der Waals surface area contributed by atoms with Crippen molar-refractivity contribution in [1.29, 1.82) is 0 Å². The van der Waals surface area contributed by atoms with Gasteiger partial charge in [0.2, 0.25) is 5.91 Å². The maximum Gasteiger partial charge on any atom is 0.232 e. The van der Waals surface area contributed by atoms with Crippen LogP contribution in [0.5, 0.6) is 0 Å². The fraction of sp³-hybridized carbons (Fsp3) is 0.500. The summed E-state index contributed by atoms with van der Waals surface area (Å²) < 4.78 is 0. The van der Waals surface area contributed by atoms with Crippen LogP contribution in [0.1, 0.15) is 36.0 Å². The molecular formula is C16H19NO2S. The van der Waals surface area contributed by atoms with Crippen molar-refractivity contribution in [1.82, 2.24) is 4.90 Å². The van der Waals surface area contributed by atoms with Gasteiger partial charge in [-0.25, -0.2) is 0 Å². The first kappa shape index (κ1) is 13.7. The fourth-order valence-electron chi connectivity index (χ4n) is 2.50. The number of hydrogen-bond acceptors (Lipinski definition) is 3. The van der Waals surface area contributed by atoms with Crippen molar-refractivity contribution in [3.8, 4) is 0 Å². The largest absolute Gasteiger partial charge is 0.342 e. The molecule has 20 heavy (non-hydrogen) atoms. The first-order chi connectivity index (χ1) is 9.74. The molecule has 3 nitrogen and oxygen atoms in total. The number of thioether (sulfide) groups is 1. The highest BCUT2D eigenvalue weighted by Gasteiger charge is 2.30. The normalized spacial score (nSPS) is 18.3. The molecule has 1 aliphatic carbocycles. The number of rotatable bonds is 5. The number of carbonyl (C=O) groups excluding carboxylic acids is 2. The standard InChI is InChI=1S/C16H19NO2S/c18-15(17-9-1-2-10-17)11-20-14-7-5-13(6-8-14)16(19)12-3-4-12/h5-8,12H,1-4,9-11H2. The molecule has 2 aliphatic rings. The number of amides is 1. The zero-order valence-corrected chi connectivity index (χ0v) is 12.3. The minimum atomic E-state index is 0.227. The summed E-state index contributed by atoms with van der Waals surface area (Å²) in [5.41, 5.74) is 0.808. The van der Waals surface area contributed by atoms with Gasteiger partial charge in [0.1, 0.15) is 0 Å². The summed E-state index contributed by atoms with van der Waals surface area (Å²) in [5.74, 6) is 1.27. The SMILES string of the molecule is O=C(c1ccc(SCC(=O)N2CCCC2)cc1)C1CC1. The summed E-state index contributed by atoms with van der Waals surface area (Å²) in [6.45, 7) is 1.82. The van der Waals surface area contributed by atoms with Gasteiger partial charge in [-0.15, -0.1) is 11.8 Å². The second-order valence-corrected chi connectivity index (χ2v) is 6.59. The Hall–Kier alpha value is -1.29. The van der Waals surface area contributed by atoms with E-state index in [1.165, 1.54) is 0 Å². The molecule has 1 heterocycles. The minimum Gasteiger partial charge on any atom is -0.342 e. The molecule has 0 radical (unpaired) electrons. The lowest BCUT2D eigenvalue weighted by atomic mass is 10.1. The molecule has 1 saturated carbocycles. The third kappa shape index (κ3) is 3.23. The molecule has 0 bridgehead atoms. The van der Waals surface area contributed by atoms with Crippen molar-refractivity contribution >= 4 is 23.5 Å². The Balaban J connectivity index is 1.52. The van der Waals surface area contributed by atoms with Crippen LogP contribution in [-0.2, 0) is 4.79 Å². The van der Waals surface area contributed by atoms with Gasteiger partial charge in [0.05, 0.1) is 5.75 Å². The average molecular weight is 289 g/mol. The maximum atomic E-state index is 11.9. The molecule has 1 aromatic carbocycles. The van der Waals surface area contributed by atoms with Crippen LogP contribution >= 0.6 is 11.8 Å². The lowest BCUT2D eigenvalue weighted by Gasteiger charge is -2.14. The number of carbonyl (C=O) groups is 2. The molecule has 3 rings (SSSR count). The van der Waals surface area contributed by atoms with E-state index in [4.69, 9.17) is 0 Å². The lowest BCUT2D eigenvalue weighted by Crippen LogP contribution is -2.29. The monoisotopic (exact) mass is 289 g/mol. The van der Waals surface area contributed by atoms with Crippen molar-refractivity contribution in [2.75, 3.05) is 18.8 Å². The van der Waals surface area contributed by atoms with Gasteiger partial charge in [0, 0.05) is 29.5 Å². The van der Waals surface area contributed by atoms with E-state index in [2.05, 4.69) is 0 Å². The Kier molecular flexibility index (Phi) is 4.10. The molecule has 1 saturated heterocycles. The van der Waals surface area contributed by atoms with Crippen molar-refractivity contribution in [3.63, 3.8) is 0 Å². The maximum absolute atomic E-state index is 11.9. The van der Waals surface area contributed by atoms with Crippen molar-refractivity contribution in [2.24, 2.45) is 5.92 Å². The number of benzene rings is 1. The first-order valence-corrected chi connectivity index (χ1v) is 8.27. The number of ketones is 1. The van der Waals surface area contributed by atoms with Crippen LogP contribution < -0.4 is 0 Å². The Labute approximate surface area is 123 Å². The van der Waals surface area contributed by atoms with Gasteiger partial charge >= 0.3 is 0 Å². The predicted octanol–water partition coefficient (Wildman–Crippen LogP) is 2.99. The smallest absolute Gasteiger partial charge is 0.232 e. The van der Waals surface area contributed by atoms with Crippen LogP contribution in [0.4, 0.5) is 0 Å². The summed E-state index contributed by atoms with van der Waals surface area (Å²) >= 11 is 1.56. The second-order valence-electron chi connectivity index (χ2n) is 5.54. The van der Waals surface area contributed by atoms with Crippen LogP contribution in [0.15, 0.2) is 29.2 Å². The highest BCUT2D eigenvalue weighted by Crippen LogP contribution is 2.33. The molecule has 0 atom stereocenters. The molecule has 0 aromatic heterocycles. The van der Waals surface area contributed by atoms with Crippen molar-refractivity contribution in [2.45, 2.75) is 30.6 Å². The van der Waals surface area contributed by atoms with Crippen molar-refractivity contribution in [3.05, 3.63) is 29.8 Å². The number of likely N-dealkylation sites (tertiary alicyclic amines) is 1. The topological polar surface area (TPSA) is 37.4 Å². The molecular weight excluding hydrogens is 270 g/mol. The zero-order chi connectivity index (χ0) is 13.9. The third-order valence-corrected chi connectivity index (χ3v) is 4.90. The summed E-state index contributed by atoms with van der Waals surface area (Å²) in [4.78, 5) is 26.8. The molecule has 4 heteroatoms. The second kappa shape index (κ2) is 6.00. The van der Waals surface area contributed by atoms with Crippen LogP contribution in [0.3, 0.4) is 0 Å². The van der Waals surface area contributed by atoms with E-state index in [9.17, 15) is 9.59 Å². The number of hydrogen-bond donors (Lipinski definition) is 0. The van der Waals surface area contributed by atoms with E-state index >= 15 is 0 Å². The molecule has 1 aromatic rings. The highest BCUT2D eigenvalue weighted by molar-refractivity contribution is 8.00. The van der Waals surface area contributed by atoms with Crippen LogP contribution in [-0.4, -0.2) is 35.4 Å². The highest BCUT2D eigenvalue weighted by atomic mass is 32.2. The predicted molar refractivity (Wildman–Crippen MR) is 80.0 cm³/mol. The Morgan fingerprint density at radius 1 is 1.10 bits per heavy atom. The molecule has 2 fully saturated rings. The van der Waals surface area contributed by atoms with E-state index in [-0.39, 0.29) is 17.6 Å². The molecule has 0 unspecified atom stereocenters. The van der Waals surface area contributed by atoms with Gasteiger partial charge in [-0.05, 0) is 37.8 Å². The summed E-state index contributed by atoms with van der Waals surface area (Å²) in [7, 11) is 0. The van der Waals surface area contributed by atoms with Crippen LogP contribution in [0.2, 0.25) is 0 Å². The minimum absolute atomic E-state index is 0.227. The van der Waals surface area contributed by atoms with E-state index in [0.717, 1.165) is 49.2 Å². The van der Waals surface area contributed by atoms with E-state index in [1.807, 2.05) is 29.2 Å². The van der Waals surface area contributed by atoms with Gasteiger partial charge in [-0.2, -0.15) is 0 Å². The quantitative estimate of drug-likeness (QED) is 0.618. The molecule has 1 amide bonds. The fourth-order valence-corrected chi connectivity index (χ4v) is 3.30. The number of Topliss-reactive ketones (excluding diaryl/α,β-unsaturated/α-hetero) is 1. The van der Waals surface area contributed by atoms with Crippen LogP contribution in [0, 0.1) is 5.92 Å². The first-order valence-electron chi connectivity index (χ1n) is 7.29. The van der Waals surface area contributed by atoms with Gasteiger partial charge in [0.15, 0.2) is 5.78 Å². The Morgan fingerprint density at radius 3 is 2.35 bits per heavy atom. The summed E-state index contributed by atoms with van der Waals surface area (Å²) in [5, 5.41) is 0. The van der Waals surface area contributed by atoms with Gasteiger partial charge in [0.25, 0.3) is 0 Å². The van der Waals surface area contributed by atoms with Gasteiger partial charge < -0.3 is 4.90 Å². The van der Waals surface area contributed by atoms with Gasteiger partial charge in [-0.1, -0.05) is 12.1 Å². The molecule has 1 aliphatic heterocycles.